The van der Waals surface area contributed by atoms with Crippen LogP contribution in [0.25, 0.3) is 0 Å². The van der Waals surface area contributed by atoms with Crippen LogP contribution in [0.3, 0.4) is 0 Å². The van der Waals surface area contributed by atoms with Gasteiger partial charge in [-0.15, -0.1) is 0 Å². The normalized spacial score (nSPS) is 22.6. The Hall–Kier alpha value is -6.06. The third kappa shape index (κ3) is 15.2. The minimum absolute atomic E-state index is 0.000779. The van der Waals surface area contributed by atoms with Crippen molar-refractivity contribution in [3.63, 3.8) is 0 Å². The Balaban J connectivity index is 1.03. The van der Waals surface area contributed by atoms with Crippen molar-refractivity contribution >= 4 is 52.9 Å². The van der Waals surface area contributed by atoms with Crippen molar-refractivity contribution in [2.75, 3.05) is 73.1 Å². The van der Waals surface area contributed by atoms with Crippen molar-refractivity contribution in [3.8, 4) is 0 Å². The number of methoxy groups -OCH3 is 2. The highest BCUT2D eigenvalue weighted by molar-refractivity contribution is 6.12. The van der Waals surface area contributed by atoms with E-state index >= 15 is 0 Å². The highest BCUT2D eigenvalue weighted by Crippen LogP contribution is 2.55. The molecule has 3 heterocycles. The molecular weight excluding hydrogens is 1010 g/mol. The molecule has 3 fully saturated rings. The third-order valence-electron chi connectivity index (χ3n) is 17.0. The summed E-state index contributed by atoms with van der Waals surface area (Å²) in [5.41, 5.74) is 7.53. The number of nitrogens with zero attached hydrogens (tertiary/aromatic N) is 4. The molecule has 3 unspecified atom stereocenters. The number of carbonyl (C=O) groups excluding carboxylic acids is 8. The van der Waals surface area contributed by atoms with Crippen LogP contribution >= 0.6 is 0 Å². The molecule has 0 spiro atoms. The summed E-state index contributed by atoms with van der Waals surface area (Å²) >= 11 is 0. The van der Waals surface area contributed by atoms with Crippen LogP contribution in [-0.2, 0) is 70.3 Å². The summed E-state index contributed by atoms with van der Waals surface area (Å²) in [6.07, 6.45) is 5.80. The second kappa shape index (κ2) is 28.9. The van der Waals surface area contributed by atoms with Crippen LogP contribution in [0.5, 0.6) is 0 Å². The van der Waals surface area contributed by atoms with E-state index in [-0.39, 0.29) is 112 Å². The minimum atomic E-state index is -0.976. The molecule has 2 aromatic carbocycles. The van der Waals surface area contributed by atoms with Gasteiger partial charge in [0.15, 0.2) is 0 Å². The molecule has 1 aliphatic carbocycles. The van der Waals surface area contributed by atoms with Crippen LogP contribution in [0.1, 0.15) is 97.1 Å². The summed E-state index contributed by atoms with van der Waals surface area (Å²) in [6, 6.07) is 14.1. The van der Waals surface area contributed by atoms with Gasteiger partial charge in [-0.25, -0.2) is 0 Å². The molecule has 6 rings (SSSR count). The fraction of sp³-hybridized carbons (Fsp3) is 0.627. The number of rotatable bonds is 31. The third-order valence-corrected chi connectivity index (χ3v) is 17.0. The number of primary amides is 1. The zero-order chi connectivity index (χ0) is 57.6. The zero-order valence-corrected chi connectivity index (χ0v) is 47.8. The van der Waals surface area contributed by atoms with Crippen molar-refractivity contribution in [2.24, 2.45) is 35.3 Å². The van der Waals surface area contributed by atoms with Gasteiger partial charge in [-0.05, 0) is 80.2 Å². The van der Waals surface area contributed by atoms with Crippen molar-refractivity contribution in [1.82, 2.24) is 30.2 Å². The Morgan fingerprint density at radius 3 is 2.13 bits per heavy atom. The minimum Gasteiger partial charge on any atom is -0.379 e. The van der Waals surface area contributed by atoms with Gasteiger partial charge >= 0.3 is 0 Å². The molecule has 1 saturated carbocycles. The van der Waals surface area contributed by atoms with E-state index in [9.17, 15) is 38.4 Å². The maximum absolute atomic E-state index is 15.0. The predicted octanol–water partition coefficient (Wildman–Crippen LogP) is 3.85. The number of piperidine rings is 1. The molecule has 11 atom stereocenters. The zero-order valence-electron chi connectivity index (χ0n) is 47.8. The van der Waals surface area contributed by atoms with Crippen LogP contribution in [0.2, 0.25) is 0 Å². The summed E-state index contributed by atoms with van der Waals surface area (Å²) in [6.45, 7) is 11.7. The van der Waals surface area contributed by atoms with Crippen molar-refractivity contribution in [2.45, 2.75) is 141 Å². The summed E-state index contributed by atoms with van der Waals surface area (Å²) in [5.74, 6) is -3.49. The molecule has 0 radical (unpaired) electrons. The van der Waals surface area contributed by atoms with E-state index in [1.807, 2.05) is 44.4 Å². The van der Waals surface area contributed by atoms with E-state index in [4.69, 9.17) is 24.7 Å². The van der Waals surface area contributed by atoms with E-state index in [2.05, 4.69) is 48.5 Å². The number of imide groups is 1. The molecule has 20 nitrogen and oxygen atoms in total. The molecule has 5 N–H and O–H groups in total. The van der Waals surface area contributed by atoms with Gasteiger partial charge in [-0.1, -0.05) is 83.5 Å². The summed E-state index contributed by atoms with van der Waals surface area (Å²) in [4.78, 5) is 113. The van der Waals surface area contributed by atoms with Crippen LogP contribution in [0.15, 0.2) is 66.7 Å². The second-order valence-corrected chi connectivity index (χ2v) is 22.2. The Morgan fingerprint density at radius 2 is 1.52 bits per heavy atom. The Kier molecular flexibility index (Phi) is 22.7. The molecule has 2 aromatic rings. The molecule has 4 aliphatic rings. The van der Waals surface area contributed by atoms with E-state index in [0.717, 1.165) is 41.7 Å². The number of carbonyl (C=O) groups is 8. The molecule has 79 heavy (non-hydrogen) atoms. The quantitative estimate of drug-likeness (QED) is 0.0620. The van der Waals surface area contributed by atoms with E-state index in [1.165, 1.54) is 19.3 Å². The maximum atomic E-state index is 15.0. The number of likely N-dealkylation sites (tertiary alicyclic amines) is 2. The molecule has 434 valence electrons. The summed E-state index contributed by atoms with van der Waals surface area (Å²) in [7, 11) is 6.85. The number of hydrogen-bond donors (Lipinski definition) is 4. The van der Waals surface area contributed by atoms with Crippen molar-refractivity contribution < 1.29 is 57.3 Å². The van der Waals surface area contributed by atoms with Gasteiger partial charge < -0.3 is 50.4 Å². The van der Waals surface area contributed by atoms with Crippen molar-refractivity contribution in [3.05, 3.63) is 77.9 Å². The lowest BCUT2D eigenvalue weighted by Gasteiger charge is -2.48. The Labute approximate surface area is 466 Å². The first-order chi connectivity index (χ1) is 37.8. The van der Waals surface area contributed by atoms with Gasteiger partial charge in [0.05, 0.1) is 81.6 Å². The van der Waals surface area contributed by atoms with Crippen LogP contribution < -0.4 is 21.7 Å². The number of amides is 8. The van der Waals surface area contributed by atoms with Crippen LogP contribution in [0.4, 0.5) is 5.69 Å². The molecule has 0 aromatic heterocycles. The topological polar surface area (TPSA) is 249 Å². The van der Waals surface area contributed by atoms with Crippen molar-refractivity contribution in [1.29, 1.82) is 0 Å². The monoisotopic (exact) mass is 1100 g/mol. The van der Waals surface area contributed by atoms with Crippen LogP contribution in [-0.4, -0.2) is 177 Å². The average Bonchev–Trinajstić information content (AvgIpc) is 4.17. The number of ether oxygens (including phenoxy) is 4. The highest BCUT2D eigenvalue weighted by Gasteiger charge is 2.62. The SMILES string of the molecule is CC[C@H](C)[C@@H]([C@@H](CC(=O)N1CCC[C@H]1[C@H](OC)[C@@H](C)C(=O)N[C@@H](Cc1ccccc1)C(=O)Nc1ccc(CNC(=O)CCOCCOCCN2C(=O)C=CC2=O)cc1)OC)N(C)C(=O)[C@@H](C(C)C)C12CCC(C1)C(C(N)=O)N2C. The molecule has 2 bridgehead atoms. The van der Waals surface area contributed by atoms with E-state index < -0.39 is 65.6 Å². The smallest absolute Gasteiger partial charge is 0.253 e. The van der Waals surface area contributed by atoms with Gasteiger partial charge in [-0.2, -0.15) is 0 Å². The summed E-state index contributed by atoms with van der Waals surface area (Å²) in [5, 5.41) is 8.81. The van der Waals surface area contributed by atoms with Gasteiger partial charge in [0.2, 0.25) is 35.4 Å². The fourth-order valence-corrected chi connectivity index (χ4v) is 12.7. The molecule has 8 amide bonds. The predicted molar refractivity (Wildman–Crippen MR) is 296 cm³/mol. The molecule has 20 heteroatoms. The average molecular weight is 1100 g/mol. The van der Waals surface area contributed by atoms with Gasteiger partial charge in [-0.3, -0.25) is 48.2 Å². The van der Waals surface area contributed by atoms with Gasteiger partial charge in [0, 0.05) is 70.6 Å². The molecular formula is C59H86N8O12. The maximum Gasteiger partial charge on any atom is 0.253 e. The summed E-state index contributed by atoms with van der Waals surface area (Å²) < 4.78 is 23.2. The first kappa shape index (κ1) is 62.1. The number of hydrogen-bond acceptors (Lipinski definition) is 13. The second-order valence-electron chi connectivity index (χ2n) is 22.2. The molecule has 3 aliphatic heterocycles. The lowest BCUT2D eigenvalue weighted by molar-refractivity contribution is -0.153. The number of nitrogens with one attached hydrogen (secondary N) is 3. The Bertz CT molecular complexity index is 2440. The number of likely N-dealkylation sites (N-methyl/N-ethyl adjacent to an activating group) is 2. The first-order valence-electron chi connectivity index (χ1n) is 28.1. The number of benzene rings is 2. The fourth-order valence-electron chi connectivity index (χ4n) is 12.7. The van der Waals surface area contributed by atoms with Gasteiger partial charge in [0.1, 0.15) is 6.04 Å². The van der Waals surface area contributed by atoms with E-state index in [1.54, 1.807) is 48.1 Å². The first-order valence-corrected chi connectivity index (χ1v) is 28.1. The Morgan fingerprint density at radius 1 is 0.848 bits per heavy atom. The standard InChI is InChI=1S/C59H86N8O12/c1-10-38(4)52(64(6)58(75)51(37(2)3)59-26-24-42(35-59)53(55(60)72)65(59)7)46(76-8)34-50(71)66-27-14-17-45(66)54(77-9)39(5)56(73)63-44(33-40-15-12-11-13-16-40)57(74)62-43-20-18-41(19-21-43)36-61-47(68)25-29-78-31-32-79-30-28-67-48(69)22-23-49(67)70/h11-13,15-16,18-23,37-39,42,44-46,51-54H,10,14,17,24-36H2,1-9H3,(H2,60,72)(H,61,68)(H,62,74)(H,63,73)/t38-,39+,42?,44-,45-,46+,51+,52-,53?,54+,59?/m0/s1. The number of anilines is 1. The number of nitrogens with two attached hydrogens (primary N) is 1. The lowest BCUT2D eigenvalue weighted by Crippen LogP contribution is -2.61. The highest BCUT2D eigenvalue weighted by atomic mass is 16.5. The van der Waals surface area contributed by atoms with E-state index in [0.29, 0.717) is 25.1 Å². The number of fused-ring (bicyclic) bond motifs is 2. The van der Waals surface area contributed by atoms with Crippen LogP contribution in [0, 0.1) is 29.6 Å². The largest absolute Gasteiger partial charge is 0.379 e. The lowest BCUT2D eigenvalue weighted by atomic mass is 9.74. The van der Waals surface area contributed by atoms with Gasteiger partial charge in [0.25, 0.3) is 11.8 Å². The molecule has 2 saturated heterocycles.